The Labute approximate surface area is 125 Å². The van der Waals surface area contributed by atoms with Gasteiger partial charge in [0.15, 0.2) is 0 Å². The lowest BCUT2D eigenvalue weighted by Gasteiger charge is -2.38. The zero-order chi connectivity index (χ0) is 15.2. The van der Waals surface area contributed by atoms with E-state index in [1.165, 1.54) is 12.1 Å². The van der Waals surface area contributed by atoms with Gasteiger partial charge in [-0.05, 0) is 38.0 Å². The molecule has 0 aliphatic carbocycles. The summed E-state index contributed by atoms with van der Waals surface area (Å²) in [5, 5.41) is 3.24. The van der Waals surface area contributed by atoms with Crippen LogP contribution in [-0.4, -0.2) is 49.2 Å². The van der Waals surface area contributed by atoms with E-state index in [4.69, 9.17) is 4.74 Å². The molecule has 116 valence electrons. The highest BCUT2D eigenvalue weighted by Gasteiger charge is 2.32. The first-order valence-corrected chi connectivity index (χ1v) is 7.49. The van der Waals surface area contributed by atoms with Gasteiger partial charge in [-0.15, -0.1) is 0 Å². The Morgan fingerprint density at radius 1 is 1.48 bits per heavy atom. The molecule has 0 spiro atoms. The summed E-state index contributed by atoms with van der Waals surface area (Å²) in [6, 6.07) is 6.51. The maximum Gasteiger partial charge on any atom is 0.324 e. The number of nitrogens with zero attached hydrogens (tertiary/aromatic N) is 1. The molecule has 1 aromatic carbocycles. The maximum atomic E-state index is 13.0. The smallest absolute Gasteiger partial charge is 0.324 e. The number of carbonyl (C=O) groups is 1. The van der Waals surface area contributed by atoms with E-state index in [1.807, 2.05) is 6.92 Å². The van der Waals surface area contributed by atoms with Gasteiger partial charge in [0, 0.05) is 25.7 Å². The van der Waals surface area contributed by atoms with Gasteiger partial charge in [0.2, 0.25) is 0 Å². The van der Waals surface area contributed by atoms with Crippen LogP contribution < -0.4 is 5.32 Å². The Kier molecular flexibility index (Phi) is 5.70. The molecule has 0 bridgehead atoms. The lowest BCUT2D eigenvalue weighted by Crippen LogP contribution is -2.58. The Hall–Kier alpha value is -1.46. The molecular weight excluding hydrogens is 271 g/mol. The molecule has 2 unspecified atom stereocenters. The van der Waals surface area contributed by atoms with Crippen LogP contribution in [0.2, 0.25) is 0 Å². The Morgan fingerprint density at radius 2 is 2.19 bits per heavy atom. The fourth-order valence-electron chi connectivity index (χ4n) is 2.78. The quantitative estimate of drug-likeness (QED) is 0.838. The number of piperazine rings is 1. The minimum absolute atomic E-state index is 0.171. The van der Waals surface area contributed by atoms with Crippen molar-refractivity contribution in [1.82, 2.24) is 10.2 Å². The van der Waals surface area contributed by atoms with E-state index >= 15 is 0 Å². The average molecular weight is 294 g/mol. The largest absolute Gasteiger partial charge is 0.465 e. The lowest BCUT2D eigenvalue weighted by atomic mass is 10.0. The van der Waals surface area contributed by atoms with Gasteiger partial charge in [0.1, 0.15) is 11.9 Å². The molecule has 1 saturated heterocycles. The van der Waals surface area contributed by atoms with Crippen LogP contribution in [0.1, 0.15) is 19.4 Å². The first-order chi connectivity index (χ1) is 10.1. The first kappa shape index (κ1) is 15.9. The van der Waals surface area contributed by atoms with E-state index in [9.17, 15) is 9.18 Å². The molecule has 1 aromatic rings. The van der Waals surface area contributed by atoms with Crippen LogP contribution in [-0.2, 0) is 16.0 Å². The van der Waals surface area contributed by atoms with Crippen LogP contribution in [0.3, 0.4) is 0 Å². The summed E-state index contributed by atoms with van der Waals surface area (Å²) in [6.45, 7) is 6.61. The molecular formula is C16H23FN2O2. The molecule has 21 heavy (non-hydrogen) atoms. The van der Waals surface area contributed by atoms with Crippen molar-refractivity contribution in [2.24, 2.45) is 0 Å². The number of benzene rings is 1. The third-order valence-electron chi connectivity index (χ3n) is 3.85. The van der Waals surface area contributed by atoms with Crippen molar-refractivity contribution in [3.8, 4) is 0 Å². The number of ether oxygens (including phenoxy) is 1. The van der Waals surface area contributed by atoms with E-state index in [0.29, 0.717) is 13.2 Å². The van der Waals surface area contributed by atoms with Gasteiger partial charge in [0.25, 0.3) is 0 Å². The van der Waals surface area contributed by atoms with Crippen LogP contribution in [0, 0.1) is 5.82 Å². The fourth-order valence-corrected chi connectivity index (χ4v) is 2.78. The van der Waals surface area contributed by atoms with Gasteiger partial charge in [-0.1, -0.05) is 12.1 Å². The highest BCUT2D eigenvalue weighted by molar-refractivity contribution is 5.76. The molecule has 1 fully saturated rings. The SMILES string of the molecule is CCOC(=O)C1CNCCN1C(C)Cc1ccc(F)cc1. The number of hydrogen-bond donors (Lipinski definition) is 1. The number of hydrogen-bond acceptors (Lipinski definition) is 4. The van der Waals surface area contributed by atoms with Gasteiger partial charge < -0.3 is 10.1 Å². The molecule has 2 rings (SSSR count). The van der Waals surface area contributed by atoms with Crippen molar-refractivity contribution in [2.45, 2.75) is 32.4 Å². The first-order valence-electron chi connectivity index (χ1n) is 7.49. The molecule has 4 nitrogen and oxygen atoms in total. The predicted octanol–water partition coefficient (Wildman–Crippen LogP) is 1.59. The minimum Gasteiger partial charge on any atom is -0.465 e. The highest BCUT2D eigenvalue weighted by Crippen LogP contribution is 2.15. The maximum absolute atomic E-state index is 13.0. The third kappa shape index (κ3) is 4.25. The predicted molar refractivity (Wildman–Crippen MR) is 79.6 cm³/mol. The van der Waals surface area contributed by atoms with Crippen molar-refractivity contribution < 1.29 is 13.9 Å². The summed E-state index contributed by atoms with van der Waals surface area (Å²) in [4.78, 5) is 14.2. The normalized spacial score (nSPS) is 21.0. The van der Waals surface area contributed by atoms with Crippen molar-refractivity contribution in [2.75, 3.05) is 26.2 Å². The number of halogens is 1. The number of nitrogens with one attached hydrogen (secondary N) is 1. The van der Waals surface area contributed by atoms with Crippen molar-refractivity contribution in [3.05, 3.63) is 35.6 Å². The van der Waals surface area contributed by atoms with E-state index in [2.05, 4.69) is 17.1 Å². The van der Waals surface area contributed by atoms with Crippen molar-refractivity contribution in [3.63, 3.8) is 0 Å². The third-order valence-corrected chi connectivity index (χ3v) is 3.85. The Balaban J connectivity index is 2.02. The summed E-state index contributed by atoms with van der Waals surface area (Å²) in [6.07, 6.45) is 0.788. The molecule has 1 N–H and O–H groups in total. The Bertz CT molecular complexity index is 464. The second-order valence-electron chi connectivity index (χ2n) is 5.39. The van der Waals surface area contributed by atoms with E-state index in [-0.39, 0.29) is 23.9 Å². The summed E-state index contributed by atoms with van der Waals surface area (Å²) in [7, 11) is 0. The van der Waals surface area contributed by atoms with Gasteiger partial charge >= 0.3 is 5.97 Å². The second-order valence-corrected chi connectivity index (χ2v) is 5.39. The van der Waals surface area contributed by atoms with Crippen molar-refractivity contribution >= 4 is 5.97 Å². The highest BCUT2D eigenvalue weighted by atomic mass is 19.1. The van der Waals surface area contributed by atoms with Crippen LogP contribution in [0.5, 0.6) is 0 Å². The summed E-state index contributed by atoms with van der Waals surface area (Å²) < 4.78 is 18.1. The number of esters is 1. The molecule has 0 aromatic heterocycles. The summed E-state index contributed by atoms with van der Waals surface area (Å²) in [5.74, 6) is -0.395. The standard InChI is InChI=1S/C16H23FN2O2/c1-3-21-16(20)15-11-18-8-9-19(15)12(2)10-13-4-6-14(17)7-5-13/h4-7,12,15,18H,3,8-11H2,1-2H3. The van der Waals surface area contributed by atoms with E-state index in [0.717, 1.165) is 25.1 Å². The summed E-state index contributed by atoms with van der Waals surface area (Å²) in [5.41, 5.74) is 1.07. The molecule has 1 aliphatic rings. The zero-order valence-electron chi connectivity index (χ0n) is 12.6. The Morgan fingerprint density at radius 3 is 2.86 bits per heavy atom. The van der Waals surface area contributed by atoms with Gasteiger partial charge in [-0.3, -0.25) is 9.69 Å². The van der Waals surface area contributed by atoms with Crippen LogP contribution in [0.15, 0.2) is 24.3 Å². The zero-order valence-corrected chi connectivity index (χ0v) is 12.6. The minimum atomic E-state index is -0.242. The lowest BCUT2D eigenvalue weighted by molar-refractivity contribution is -0.151. The molecule has 1 heterocycles. The average Bonchev–Trinajstić information content (AvgIpc) is 2.50. The molecule has 0 saturated carbocycles. The van der Waals surface area contributed by atoms with Crippen LogP contribution in [0.4, 0.5) is 4.39 Å². The van der Waals surface area contributed by atoms with Gasteiger partial charge in [0.05, 0.1) is 6.61 Å². The second kappa shape index (κ2) is 7.52. The van der Waals surface area contributed by atoms with Gasteiger partial charge in [-0.25, -0.2) is 4.39 Å². The molecule has 5 heteroatoms. The van der Waals surface area contributed by atoms with E-state index < -0.39 is 0 Å². The van der Waals surface area contributed by atoms with E-state index in [1.54, 1.807) is 12.1 Å². The number of carbonyl (C=O) groups excluding carboxylic acids is 1. The van der Waals surface area contributed by atoms with Crippen molar-refractivity contribution in [1.29, 1.82) is 0 Å². The molecule has 2 atom stereocenters. The molecule has 0 radical (unpaired) electrons. The molecule has 1 aliphatic heterocycles. The summed E-state index contributed by atoms with van der Waals surface area (Å²) >= 11 is 0. The topological polar surface area (TPSA) is 41.6 Å². The fraction of sp³-hybridized carbons (Fsp3) is 0.562. The molecule has 0 amide bonds. The number of rotatable bonds is 5. The van der Waals surface area contributed by atoms with Crippen LogP contribution in [0.25, 0.3) is 0 Å². The monoisotopic (exact) mass is 294 g/mol. The van der Waals surface area contributed by atoms with Gasteiger partial charge in [-0.2, -0.15) is 0 Å². The van der Waals surface area contributed by atoms with Crippen LogP contribution >= 0.6 is 0 Å².